The summed E-state index contributed by atoms with van der Waals surface area (Å²) in [5.74, 6) is 2.91. The molecule has 15 rings (SSSR count). The molecule has 6 heteroatoms. The Morgan fingerprint density at radius 2 is 1.21 bits per heavy atom. The highest BCUT2D eigenvalue weighted by Crippen LogP contribution is 2.55. The van der Waals surface area contributed by atoms with Gasteiger partial charge in [0.15, 0.2) is 19.2 Å². The van der Waals surface area contributed by atoms with E-state index in [9.17, 15) is 0 Å². The number of hydrogen-bond acceptors (Lipinski definition) is 1. The van der Waals surface area contributed by atoms with Crippen molar-refractivity contribution in [2.75, 3.05) is 0 Å². The molecule has 57 heavy (non-hydrogen) atoms. The quantitative estimate of drug-likeness (QED) is 0.129. The summed E-state index contributed by atoms with van der Waals surface area (Å²) in [6, 6.07) is 61.2. The van der Waals surface area contributed by atoms with Crippen molar-refractivity contribution in [2.24, 2.45) is 0 Å². The monoisotopic (exact) mass is 742 g/mol. The second-order valence-corrected chi connectivity index (χ2v) is 19.7. The molecule has 0 radical (unpaired) electrons. The van der Waals surface area contributed by atoms with Gasteiger partial charge >= 0.3 is 5.66 Å². The van der Waals surface area contributed by atoms with Crippen LogP contribution in [0.3, 0.4) is 0 Å². The van der Waals surface area contributed by atoms with Gasteiger partial charge in [0.25, 0.3) is 5.82 Å². The van der Waals surface area contributed by atoms with Crippen LogP contribution in [-0.2, 0) is 5.66 Å². The van der Waals surface area contributed by atoms with Crippen LogP contribution >= 0.6 is 0 Å². The minimum atomic E-state index is -2.50. The highest BCUT2D eigenvalue weighted by atomic mass is 28.3. The third-order valence-electron chi connectivity index (χ3n) is 13.8. The summed E-state index contributed by atoms with van der Waals surface area (Å²) in [5.41, 5.74) is 13.0. The minimum Gasteiger partial charge on any atom is -0.456 e. The Morgan fingerprint density at radius 1 is 0.526 bits per heavy atom. The summed E-state index contributed by atoms with van der Waals surface area (Å²) in [7, 11) is -2.50. The molecule has 8 heterocycles. The maximum Gasteiger partial charge on any atom is 0.397 e. The van der Waals surface area contributed by atoms with Gasteiger partial charge in [0, 0.05) is 16.8 Å². The van der Waals surface area contributed by atoms with Gasteiger partial charge in [-0.2, -0.15) is 9.13 Å². The molecule has 0 saturated heterocycles. The molecule has 0 N–H and O–H groups in total. The van der Waals surface area contributed by atoms with E-state index in [-0.39, 0.29) is 0 Å². The molecule has 0 saturated carbocycles. The molecule has 0 fully saturated rings. The second-order valence-electron chi connectivity index (χ2n) is 16.1. The fourth-order valence-corrected chi connectivity index (χ4v) is 17.4. The van der Waals surface area contributed by atoms with Crippen LogP contribution in [0.4, 0.5) is 0 Å². The number of benzene rings is 7. The highest BCUT2D eigenvalue weighted by Gasteiger charge is 2.68. The zero-order valence-electron chi connectivity index (χ0n) is 30.5. The maximum atomic E-state index is 6.89. The number of nitrogens with zero attached hydrogens (tertiary/aromatic N) is 4. The summed E-state index contributed by atoms with van der Waals surface area (Å²) < 4.78 is 16.7. The minimum absolute atomic E-state index is 0.712. The van der Waals surface area contributed by atoms with Gasteiger partial charge in [0.05, 0.1) is 18.0 Å². The van der Waals surface area contributed by atoms with Crippen LogP contribution in [-0.4, -0.2) is 17.3 Å². The van der Waals surface area contributed by atoms with Crippen LogP contribution in [0, 0.1) is 0 Å². The highest BCUT2D eigenvalue weighted by molar-refractivity contribution is 7.24. The second kappa shape index (κ2) is 9.56. The van der Waals surface area contributed by atoms with Crippen molar-refractivity contribution in [1.29, 1.82) is 0 Å². The summed E-state index contributed by atoms with van der Waals surface area (Å²) in [6.45, 7) is 0. The third kappa shape index (κ3) is 3.02. The van der Waals surface area contributed by atoms with E-state index >= 15 is 0 Å². The van der Waals surface area contributed by atoms with Gasteiger partial charge in [-0.25, -0.2) is 0 Å². The lowest BCUT2D eigenvalue weighted by Gasteiger charge is -2.32. The predicted octanol–water partition coefficient (Wildman–Crippen LogP) is 7.18. The van der Waals surface area contributed by atoms with Crippen molar-refractivity contribution in [1.82, 2.24) is 9.25 Å². The molecular weight excluding hydrogens is 713 g/mol. The smallest absolute Gasteiger partial charge is 0.397 e. The molecule has 2 spiro atoms. The van der Waals surface area contributed by atoms with Crippen molar-refractivity contribution in [2.45, 2.75) is 5.66 Å². The molecular formula is C51H30N4OSi+2. The number of para-hydroxylation sites is 1. The first kappa shape index (κ1) is 29.1. The van der Waals surface area contributed by atoms with E-state index in [4.69, 9.17) is 4.74 Å². The lowest BCUT2D eigenvalue weighted by atomic mass is 9.84. The van der Waals surface area contributed by atoms with Crippen molar-refractivity contribution < 1.29 is 14.0 Å². The molecule has 0 amide bonds. The number of aromatic nitrogens is 4. The van der Waals surface area contributed by atoms with Crippen LogP contribution in [0.15, 0.2) is 182 Å². The van der Waals surface area contributed by atoms with Crippen LogP contribution in [0.1, 0.15) is 11.1 Å². The first-order valence-corrected chi connectivity index (χ1v) is 21.8. The van der Waals surface area contributed by atoms with Gasteiger partial charge in [0.2, 0.25) is 6.20 Å². The van der Waals surface area contributed by atoms with Gasteiger partial charge in [0.1, 0.15) is 28.3 Å². The topological polar surface area (TPSA) is 26.8 Å². The number of ether oxygens (including phenoxy) is 1. The van der Waals surface area contributed by atoms with Gasteiger partial charge in [-0.05, 0) is 97.1 Å². The number of hydrogen-bond donors (Lipinski definition) is 0. The summed E-state index contributed by atoms with van der Waals surface area (Å²) in [5, 5.41) is 8.47. The lowest BCUT2D eigenvalue weighted by Crippen LogP contribution is -2.76. The third-order valence-corrected chi connectivity index (χ3v) is 18.8. The molecule has 10 aromatic rings. The van der Waals surface area contributed by atoms with E-state index in [1.165, 1.54) is 87.1 Å². The van der Waals surface area contributed by atoms with E-state index in [2.05, 4.69) is 201 Å². The van der Waals surface area contributed by atoms with Crippen molar-refractivity contribution >= 4 is 50.6 Å². The van der Waals surface area contributed by atoms with E-state index in [1.807, 2.05) is 0 Å². The fraction of sp³-hybridized carbons (Fsp3) is 0.0196. The summed E-state index contributed by atoms with van der Waals surface area (Å²) in [6.07, 6.45) is 6.98. The van der Waals surface area contributed by atoms with Gasteiger partial charge in [-0.3, -0.25) is 0 Å². The lowest BCUT2D eigenvalue weighted by molar-refractivity contribution is -0.993. The summed E-state index contributed by atoms with van der Waals surface area (Å²) >= 11 is 0. The number of rotatable bonds is 1. The molecule has 0 bridgehead atoms. The van der Waals surface area contributed by atoms with Crippen molar-refractivity contribution in [3.05, 3.63) is 194 Å². The molecule has 1 atom stereocenters. The van der Waals surface area contributed by atoms with Crippen molar-refractivity contribution in [3.8, 4) is 56.4 Å². The molecule has 3 aromatic heterocycles. The maximum absolute atomic E-state index is 6.89. The Morgan fingerprint density at radius 3 is 2.02 bits per heavy atom. The molecule has 5 nitrogen and oxygen atoms in total. The average Bonchev–Trinajstić information content (AvgIpc) is 4.06. The van der Waals surface area contributed by atoms with Crippen LogP contribution in [0.2, 0.25) is 0 Å². The Hall–Kier alpha value is -7.28. The van der Waals surface area contributed by atoms with Crippen LogP contribution < -0.4 is 34.7 Å². The fourth-order valence-electron chi connectivity index (χ4n) is 11.8. The van der Waals surface area contributed by atoms with E-state index in [1.54, 1.807) is 0 Å². The first-order valence-electron chi connectivity index (χ1n) is 19.8. The molecule has 262 valence electrons. The van der Waals surface area contributed by atoms with Crippen molar-refractivity contribution in [3.63, 3.8) is 0 Å². The molecule has 7 aromatic carbocycles. The Kier molecular flexibility index (Phi) is 4.87. The molecule has 5 aliphatic rings. The van der Waals surface area contributed by atoms with E-state index in [0.717, 1.165) is 23.0 Å². The first-order chi connectivity index (χ1) is 28.3. The van der Waals surface area contributed by atoms with Crippen LogP contribution in [0.5, 0.6) is 11.5 Å². The zero-order valence-corrected chi connectivity index (χ0v) is 31.5. The number of pyridine rings is 1. The summed E-state index contributed by atoms with van der Waals surface area (Å²) in [4.78, 5) is 0. The molecule has 5 aliphatic heterocycles. The Balaban J connectivity index is 1.01. The largest absolute Gasteiger partial charge is 0.456 e. The van der Waals surface area contributed by atoms with Gasteiger partial charge in [-0.15, -0.1) is 4.68 Å². The number of fused-ring (bicyclic) bond motifs is 17. The van der Waals surface area contributed by atoms with Gasteiger partial charge in [-0.1, -0.05) is 114 Å². The average molecular weight is 743 g/mol. The Labute approximate surface area is 328 Å². The van der Waals surface area contributed by atoms with E-state index in [0.29, 0.717) is 0 Å². The predicted molar refractivity (Wildman–Crippen MR) is 226 cm³/mol. The standard InChI is InChI=1S/C51H30N4OSi/c1-5-16-39-33(12-1)37-24-25-42-49-50(37)55(39)47-22-9-10-27-52(47)51(49)48-40(17-11-18-41(48)56-42)53-29-32(30-54(51)53)31-23-26-46-38(28-31)36-15-4-8-21-45(36)57(46)43-19-6-2-13-34(43)35-14-3-7-20-44(35)57/h1-30H/q+2. The SMILES string of the molecule is c1ccc2c(c1)-c1ccccc1[Si]21c2ccccc2-c2cc(-c3cn4[n+](c3)C35c6c(cccc6-4)Oc4ccc6c7ccccc7n(c6c43)-c3cccc[n+]35)ccc21. The molecule has 0 aliphatic carbocycles. The Bertz CT molecular complexity index is 3490. The van der Waals surface area contributed by atoms with Crippen LogP contribution in [0.25, 0.3) is 66.7 Å². The van der Waals surface area contributed by atoms with E-state index < -0.39 is 13.7 Å². The van der Waals surface area contributed by atoms with Gasteiger partial charge < -0.3 is 4.74 Å². The molecule has 1 unspecified atom stereocenters. The normalized spacial score (nSPS) is 17.1. The zero-order chi connectivity index (χ0) is 36.8.